The van der Waals surface area contributed by atoms with Crippen LogP contribution in [0.25, 0.3) is 0 Å². The molecule has 1 aromatic heterocycles. The largest absolute Gasteiger partial charge is 0.338 e. The summed E-state index contributed by atoms with van der Waals surface area (Å²) in [4.78, 5) is 4.35. The molecule has 3 nitrogen and oxygen atoms in total. The minimum Gasteiger partial charge on any atom is -0.338 e. The fourth-order valence-electron chi connectivity index (χ4n) is 2.37. The van der Waals surface area contributed by atoms with E-state index in [1.807, 2.05) is 31.6 Å². The van der Waals surface area contributed by atoms with Crippen molar-refractivity contribution in [1.82, 2.24) is 14.9 Å². The van der Waals surface area contributed by atoms with Gasteiger partial charge in [-0.2, -0.15) is 0 Å². The first-order chi connectivity index (χ1) is 9.70. The van der Waals surface area contributed by atoms with Gasteiger partial charge in [-0.1, -0.05) is 37.1 Å². The van der Waals surface area contributed by atoms with Crippen molar-refractivity contribution in [3.63, 3.8) is 0 Å². The second-order valence-corrected chi connectivity index (χ2v) is 5.49. The lowest BCUT2D eigenvalue weighted by molar-refractivity contribution is 0.492. The third kappa shape index (κ3) is 4.09. The van der Waals surface area contributed by atoms with Gasteiger partial charge in [-0.3, -0.25) is 0 Å². The van der Waals surface area contributed by atoms with Gasteiger partial charge in [0.2, 0.25) is 0 Å². The Labute approximate surface area is 126 Å². The van der Waals surface area contributed by atoms with Crippen LogP contribution in [0.15, 0.2) is 36.7 Å². The van der Waals surface area contributed by atoms with Crippen molar-refractivity contribution in [2.75, 3.05) is 6.54 Å². The van der Waals surface area contributed by atoms with E-state index in [4.69, 9.17) is 11.6 Å². The molecule has 1 aromatic carbocycles. The fraction of sp³-hybridized carbons (Fsp3) is 0.438. The third-order valence-electron chi connectivity index (χ3n) is 3.51. The molecule has 0 spiro atoms. The van der Waals surface area contributed by atoms with E-state index in [-0.39, 0.29) is 0 Å². The average Bonchev–Trinajstić information content (AvgIpc) is 2.84. The normalized spacial score (nSPS) is 12.6. The molecule has 0 radical (unpaired) electrons. The third-order valence-corrected chi connectivity index (χ3v) is 3.76. The molecular weight excluding hydrogens is 270 g/mol. The number of halogens is 1. The summed E-state index contributed by atoms with van der Waals surface area (Å²) in [6.45, 7) is 3.14. The summed E-state index contributed by atoms with van der Waals surface area (Å²) in [6, 6.07) is 8.52. The van der Waals surface area contributed by atoms with Gasteiger partial charge in [0, 0.05) is 43.5 Å². The molecular formula is C16H22ClN3. The van der Waals surface area contributed by atoms with Gasteiger partial charge >= 0.3 is 0 Å². The molecule has 0 amide bonds. The van der Waals surface area contributed by atoms with Crippen LogP contribution in [0.1, 0.15) is 37.2 Å². The molecule has 0 aliphatic rings. The molecule has 108 valence electrons. The van der Waals surface area contributed by atoms with Crippen LogP contribution in [0.3, 0.4) is 0 Å². The van der Waals surface area contributed by atoms with Crippen molar-refractivity contribution in [1.29, 1.82) is 0 Å². The van der Waals surface area contributed by atoms with E-state index in [1.165, 1.54) is 5.56 Å². The highest BCUT2D eigenvalue weighted by Gasteiger charge is 2.10. The molecule has 0 aliphatic carbocycles. The fourth-order valence-corrected chi connectivity index (χ4v) is 2.49. The topological polar surface area (TPSA) is 29.9 Å². The van der Waals surface area contributed by atoms with Crippen LogP contribution in [0.5, 0.6) is 0 Å². The Kier molecular flexibility index (Phi) is 5.62. The molecule has 1 heterocycles. The number of aromatic nitrogens is 2. The minimum absolute atomic E-state index is 0.387. The van der Waals surface area contributed by atoms with Gasteiger partial charge in [0.15, 0.2) is 0 Å². The van der Waals surface area contributed by atoms with Crippen LogP contribution >= 0.6 is 11.6 Å². The zero-order chi connectivity index (χ0) is 14.4. The summed E-state index contributed by atoms with van der Waals surface area (Å²) in [5, 5.41) is 4.41. The highest BCUT2D eigenvalue weighted by atomic mass is 35.5. The van der Waals surface area contributed by atoms with Crippen LogP contribution in [-0.4, -0.2) is 16.1 Å². The zero-order valence-electron chi connectivity index (χ0n) is 12.1. The molecule has 2 rings (SSSR count). The maximum atomic E-state index is 5.95. The number of hydrogen-bond donors (Lipinski definition) is 1. The molecule has 0 fully saturated rings. The average molecular weight is 292 g/mol. The summed E-state index contributed by atoms with van der Waals surface area (Å²) in [7, 11) is 2.03. The Bertz CT molecular complexity index is 519. The minimum atomic E-state index is 0.387. The SMILES string of the molecule is CCCC(NCCc1nccn1C)c1ccc(Cl)cc1. The quantitative estimate of drug-likeness (QED) is 0.842. The van der Waals surface area contributed by atoms with Gasteiger partial charge in [-0.15, -0.1) is 0 Å². The Morgan fingerprint density at radius 3 is 2.65 bits per heavy atom. The van der Waals surface area contributed by atoms with Gasteiger partial charge in [0.1, 0.15) is 5.82 Å². The lowest BCUT2D eigenvalue weighted by Crippen LogP contribution is -2.24. The number of hydrogen-bond acceptors (Lipinski definition) is 2. The number of aryl methyl sites for hydroxylation is 1. The second kappa shape index (κ2) is 7.46. The van der Waals surface area contributed by atoms with Crippen molar-refractivity contribution < 1.29 is 0 Å². The van der Waals surface area contributed by atoms with E-state index in [1.54, 1.807) is 0 Å². The zero-order valence-corrected chi connectivity index (χ0v) is 12.9. The van der Waals surface area contributed by atoms with Crippen LogP contribution in [0.4, 0.5) is 0 Å². The van der Waals surface area contributed by atoms with Gasteiger partial charge in [-0.25, -0.2) is 4.98 Å². The maximum Gasteiger partial charge on any atom is 0.109 e. The van der Waals surface area contributed by atoms with Crippen LogP contribution < -0.4 is 5.32 Å². The smallest absolute Gasteiger partial charge is 0.109 e. The molecule has 0 aliphatic heterocycles. The predicted octanol–water partition coefficient (Wildman–Crippen LogP) is 3.75. The number of rotatable bonds is 7. The van der Waals surface area contributed by atoms with Crippen LogP contribution in [0, 0.1) is 0 Å². The van der Waals surface area contributed by atoms with Gasteiger partial charge in [0.05, 0.1) is 0 Å². The molecule has 1 atom stereocenters. The molecule has 0 saturated heterocycles. The number of nitrogens with one attached hydrogen (secondary N) is 1. The first-order valence-corrected chi connectivity index (χ1v) is 7.53. The maximum absolute atomic E-state index is 5.95. The van der Waals surface area contributed by atoms with E-state index in [0.29, 0.717) is 6.04 Å². The lowest BCUT2D eigenvalue weighted by atomic mass is 10.0. The van der Waals surface area contributed by atoms with Crippen molar-refractivity contribution in [2.45, 2.75) is 32.2 Å². The van der Waals surface area contributed by atoms with Crippen LogP contribution in [-0.2, 0) is 13.5 Å². The Morgan fingerprint density at radius 1 is 1.30 bits per heavy atom. The highest BCUT2D eigenvalue weighted by Crippen LogP contribution is 2.20. The molecule has 1 unspecified atom stereocenters. The molecule has 0 saturated carbocycles. The molecule has 4 heteroatoms. The Balaban J connectivity index is 1.92. The Hall–Kier alpha value is -1.32. The van der Waals surface area contributed by atoms with E-state index in [2.05, 4.69) is 33.9 Å². The highest BCUT2D eigenvalue weighted by molar-refractivity contribution is 6.30. The number of nitrogens with zero attached hydrogens (tertiary/aromatic N) is 2. The summed E-state index contributed by atoms with van der Waals surface area (Å²) in [5.74, 6) is 1.11. The van der Waals surface area contributed by atoms with E-state index >= 15 is 0 Å². The predicted molar refractivity (Wildman–Crippen MR) is 84.0 cm³/mol. The summed E-state index contributed by atoms with van der Waals surface area (Å²) >= 11 is 5.95. The van der Waals surface area contributed by atoms with Crippen molar-refractivity contribution >= 4 is 11.6 Å². The standard InChI is InChI=1S/C16H22ClN3/c1-3-4-15(13-5-7-14(17)8-6-13)18-10-9-16-19-11-12-20(16)2/h5-8,11-12,15,18H,3-4,9-10H2,1-2H3. The van der Waals surface area contributed by atoms with E-state index in [9.17, 15) is 0 Å². The second-order valence-electron chi connectivity index (χ2n) is 5.05. The summed E-state index contributed by atoms with van der Waals surface area (Å²) in [5.41, 5.74) is 1.30. The van der Waals surface area contributed by atoms with Crippen molar-refractivity contribution in [2.24, 2.45) is 7.05 Å². The molecule has 2 aromatic rings. The summed E-state index contributed by atoms with van der Waals surface area (Å²) < 4.78 is 2.07. The first kappa shape index (κ1) is 15.1. The van der Waals surface area contributed by atoms with Crippen molar-refractivity contribution in [3.05, 3.63) is 53.1 Å². The van der Waals surface area contributed by atoms with E-state index in [0.717, 1.165) is 36.7 Å². The van der Waals surface area contributed by atoms with E-state index < -0.39 is 0 Å². The number of benzene rings is 1. The summed E-state index contributed by atoms with van der Waals surface area (Å²) in [6.07, 6.45) is 7.05. The van der Waals surface area contributed by atoms with Gasteiger partial charge < -0.3 is 9.88 Å². The van der Waals surface area contributed by atoms with Gasteiger partial charge in [-0.05, 0) is 24.1 Å². The molecule has 0 bridgehead atoms. The van der Waals surface area contributed by atoms with Gasteiger partial charge in [0.25, 0.3) is 0 Å². The number of imidazole rings is 1. The molecule has 1 N–H and O–H groups in total. The van der Waals surface area contributed by atoms with Crippen LogP contribution in [0.2, 0.25) is 5.02 Å². The first-order valence-electron chi connectivity index (χ1n) is 7.15. The lowest BCUT2D eigenvalue weighted by Gasteiger charge is -2.18. The molecule has 20 heavy (non-hydrogen) atoms. The van der Waals surface area contributed by atoms with Crippen molar-refractivity contribution in [3.8, 4) is 0 Å². The monoisotopic (exact) mass is 291 g/mol. The Morgan fingerprint density at radius 2 is 2.05 bits per heavy atom.